The average Bonchev–Trinajstić information content (AvgIpc) is 1.94. The normalized spacial score (nSPS) is 11.8. The first-order valence-electron chi connectivity index (χ1n) is 4.09. The van der Waals surface area contributed by atoms with E-state index in [9.17, 15) is 8.42 Å². The molecule has 0 radical (unpaired) electrons. The fourth-order valence-electron chi connectivity index (χ4n) is 0.917. The van der Waals surface area contributed by atoms with Crippen LogP contribution in [0.25, 0.3) is 0 Å². The zero-order valence-corrected chi connectivity index (χ0v) is 8.57. The van der Waals surface area contributed by atoms with Crippen LogP contribution in [-0.2, 0) is 9.05 Å². The van der Waals surface area contributed by atoms with Crippen LogP contribution in [0.15, 0.2) is 0 Å². The Labute approximate surface area is 78.2 Å². The summed E-state index contributed by atoms with van der Waals surface area (Å²) in [5, 5.41) is 8.44. The molecule has 0 unspecified atom stereocenters. The second kappa shape index (κ2) is 6.69. The predicted molar refractivity (Wildman–Crippen MR) is 49.8 cm³/mol. The van der Waals surface area contributed by atoms with Crippen molar-refractivity contribution in [2.45, 2.75) is 32.1 Å². The van der Waals surface area contributed by atoms with Gasteiger partial charge in [0.1, 0.15) is 0 Å². The van der Waals surface area contributed by atoms with E-state index < -0.39 is 9.05 Å². The van der Waals surface area contributed by atoms with Gasteiger partial charge in [0.25, 0.3) is 0 Å². The highest BCUT2D eigenvalue weighted by Crippen LogP contribution is 2.06. The van der Waals surface area contributed by atoms with E-state index in [4.69, 9.17) is 15.8 Å². The van der Waals surface area contributed by atoms with Crippen LogP contribution in [0.1, 0.15) is 32.1 Å². The number of hydrogen-bond acceptors (Lipinski definition) is 3. The zero-order chi connectivity index (χ0) is 9.45. The van der Waals surface area contributed by atoms with E-state index in [-0.39, 0.29) is 12.4 Å². The fourth-order valence-corrected chi connectivity index (χ4v) is 1.79. The molecule has 0 rings (SSSR count). The van der Waals surface area contributed by atoms with E-state index in [1.165, 1.54) is 0 Å². The predicted octanol–water partition coefficient (Wildman–Crippen LogP) is 1.50. The molecule has 0 saturated heterocycles. The topological polar surface area (TPSA) is 54.4 Å². The van der Waals surface area contributed by atoms with Crippen molar-refractivity contribution in [3.8, 4) is 0 Å². The third kappa shape index (κ3) is 10.2. The van der Waals surface area contributed by atoms with Gasteiger partial charge < -0.3 is 5.11 Å². The van der Waals surface area contributed by atoms with Crippen LogP contribution in [0.3, 0.4) is 0 Å². The molecule has 0 aliphatic rings. The monoisotopic (exact) mass is 214 g/mol. The lowest BCUT2D eigenvalue weighted by Gasteiger charge is -1.97. The molecule has 3 nitrogen and oxygen atoms in total. The molecule has 0 aromatic rings. The van der Waals surface area contributed by atoms with Crippen molar-refractivity contribution in [1.82, 2.24) is 0 Å². The minimum atomic E-state index is -3.29. The average molecular weight is 215 g/mol. The van der Waals surface area contributed by atoms with Gasteiger partial charge in [0, 0.05) is 17.3 Å². The molecular formula is C7H15ClO3S. The number of hydrogen-bond donors (Lipinski definition) is 1. The maximum atomic E-state index is 10.4. The summed E-state index contributed by atoms with van der Waals surface area (Å²) in [6.45, 7) is 0.216. The minimum Gasteiger partial charge on any atom is -0.396 e. The first kappa shape index (κ1) is 12.2. The Bertz CT molecular complexity index is 189. The van der Waals surface area contributed by atoms with Crippen LogP contribution in [0.2, 0.25) is 0 Å². The van der Waals surface area contributed by atoms with Crippen molar-refractivity contribution in [2.75, 3.05) is 12.4 Å². The number of unbranched alkanes of at least 4 members (excludes halogenated alkanes) is 4. The minimum absolute atomic E-state index is 0.0632. The number of aliphatic hydroxyl groups excluding tert-OH is 1. The van der Waals surface area contributed by atoms with Gasteiger partial charge in [-0.3, -0.25) is 0 Å². The maximum absolute atomic E-state index is 10.4. The standard InChI is InChI=1S/C7H15ClO3S/c8-12(10,11)7-5-3-1-2-4-6-9/h9H,1-7H2. The second-order valence-corrected chi connectivity index (χ2v) is 5.63. The summed E-state index contributed by atoms with van der Waals surface area (Å²) in [6, 6.07) is 0. The Morgan fingerprint density at radius 3 is 2.00 bits per heavy atom. The quantitative estimate of drug-likeness (QED) is 0.516. The highest BCUT2D eigenvalue weighted by atomic mass is 35.7. The van der Waals surface area contributed by atoms with Gasteiger partial charge in [-0.2, -0.15) is 0 Å². The van der Waals surface area contributed by atoms with Crippen LogP contribution in [-0.4, -0.2) is 25.9 Å². The third-order valence-electron chi connectivity index (χ3n) is 1.55. The molecule has 0 aromatic heterocycles. The van der Waals surface area contributed by atoms with Gasteiger partial charge in [-0.1, -0.05) is 19.3 Å². The largest absolute Gasteiger partial charge is 0.396 e. The molecule has 1 N–H and O–H groups in total. The molecular weight excluding hydrogens is 200 g/mol. The van der Waals surface area contributed by atoms with Crippen molar-refractivity contribution in [1.29, 1.82) is 0 Å². The Morgan fingerprint density at radius 2 is 1.50 bits per heavy atom. The van der Waals surface area contributed by atoms with Crippen LogP contribution in [0, 0.1) is 0 Å². The second-order valence-electron chi connectivity index (χ2n) is 2.73. The summed E-state index contributed by atoms with van der Waals surface area (Å²) in [5.41, 5.74) is 0. The van der Waals surface area contributed by atoms with Crippen molar-refractivity contribution in [3.05, 3.63) is 0 Å². The van der Waals surface area contributed by atoms with Crippen LogP contribution >= 0.6 is 10.7 Å². The molecule has 0 bridgehead atoms. The molecule has 0 spiro atoms. The Balaban J connectivity index is 3.12. The lowest BCUT2D eigenvalue weighted by atomic mass is 10.2. The summed E-state index contributed by atoms with van der Waals surface area (Å²) in [6.07, 6.45) is 4.21. The third-order valence-corrected chi connectivity index (χ3v) is 2.79. The highest BCUT2D eigenvalue weighted by molar-refractivity contribution is 8.13. The van der Waals surface area contributed by atoms with E-state index >= 15 is 0 Å². The van der Waals surface area contributed by atoms with E-state index in [1.54, 1.807) is 0 Å². The number of rotatable bonds is 7. The zero-order valence-electron chi connectivity index (χ0n) is 7.00. The van der Waals surface area contributed by atoms with Gasteiger partial charge in [-0.25, -0.2) is 8.42 Å². The van der Waals surface area contributed by atoms with Crippen molar-refractivity contribution in [2.24, 2.45) is 0 Å². The van der Waals surface area contributed by atoms with Crippen LogP contribution < -0.4 is 0 Å². The molecule has 74 valence electrons. The Hall–Kier alpha value is 0.200. The molecule has 5 heteroatoms. The van der Waals surface area contributed by atoms with Gasteiger partial charge in [0.15, 0.2) is 0 Å². The number of halogens is 1. The van der Waals surface area contributed by atoms with Gasteiger partial charge in [-0.15, -0.1) is 0 Å². The smallest absolute Gasteiger partial charge is 0.232 e. The molecule has 0 aliphatic carbocycles. The van der Waals surface area contributed by atoms with E-state index in [0.29, 0.717) is 6.42 Å². The molecule has 0 heterocycles. The maximum Gasteiger partial charge on any atom is 0.232 e. The van der Waals surface area contributed by atoms with Gasteiger partial charge in [0.2, 0.25) is 9.05 Å². The van der Waals surface area contributed by atoms with Gasteiger partial charge >= 0.3 is 0 Å². The van der Waals surface area contributed by atoms with Crippen LogP contribution in [0.5, 0.6) is 0 Å². The molecule has 0 atom stereocenters. The van der Waals surface area contributed by atoms with Gasteiger partial charge in [-0.05, 0) is 12.8 Å². The highest BCUT2D eigenvalue weighted by Gasteiger charge is 2.03. The first-order chi connectivity index (χ1) is 5.56. The first-order valence-corrected chi connectivity index (χ1v) is 6.57. The lowest BCUT2D eigenvalue weighted by Crippen LogP contribution is -1.96. The van der Waals surface area contributed by atoms with E-state index in [1.807, 2.05) is 0 Å². The summed E-state index contributed by atoms with van der Waals surface area (Å²) in [4.78, 5) is 0. The molecule has 0 aliphatic heterocycles. The van der Waals surface area contributed by atoms with E-state index in [2.05, 4.69) is 0 Å². The van der Waals surface area contributed by atoms with Crippen molar-refractivity contribution in [3.63, 3.8) is 0 Å². The summed E-state index contributed by atoms with van der Waals surface area (Å²) in [7, 11) is 1.71. The Morgan fingerprint density at radius 1 is 1.00 bits per heavy atom. The molecule has 0 aromatic carbocycles. The fraction of sp³-hybridized carbons (Fsp3) is 1.00. The van der Waals surface area contributed by atoms with Crippen molar-refractivity contribution < 1.29 is 13.5 Å². The summed E-state index contributed by atoms with van der Waals surface area (Å²) < 4.78 is 20.9. The van der Waals surface area contributed by atoms with Crippen LogP contribution in [0.4, 0.5) is 0 Å². The summed E-state index contributed by atoms with van der Waals surface area (Å²) in [5.74, 6) is 0.0632. The molecule has 0 fully saturated rings. The van der Waals surface area contributed by atoms with Gasteiger partial charge in [0.05, 0.1) is 5.75 Å². The van der Waals surface area contributed by atoms with Crippen molar-refractivity contribution >= 4 is 19.7 Å². The molecule has 0 amide bonds. The van der Waals surface area contributed by atoms with E-state index in [0.717, 1.165) is 25.7 Å². The lowest BCUT2D eigenvalue weighted by molar-refractivity contribution is 0.282. The summed E-state index contributed by atoms with van der Waals surface area (Å²) >= 11 is 0. The molecule has 12 heavy (non-hydrogen) atoms. The SMILES string of the molecule is O=S(=O)(Cl)CCCCCCCO. The molecule has 0 saturated carbocycles. The Kier molecular flexibility index (Phi) is 6.80. The number of aliphatic hydroxyl groups is 1.